The molecule has 0 aliphatic heterocycles. The highest BCUT2D eigenvalue weighted by molar-refractivity contribution is 7.92. The smallest absolute Gasteiger partial charge is 0.276 e. The molecule has 0 spiro atoms. The second-order valence-electron chi connectivity index (χ2n) is 5.41. The van der Waals surface area contributed by atoms with E-state index < -0.39 is 15.7 Å². The van der Waals surface area contributed by atoms with Gasteiger partial charge in [0.2, 0.25) is 0 Å². The van der Waals surface area contributed by atoms with Crippen molar-refractivity contribution in [2.24, 2.45) is 0 Å². The van der Waals surface area contributed by atoms with Crippen molar-refractivity contribution in [3.05, 3.63) is 70.6 Å². The van der Waals surface area contributed by atoms with Gasteiger partial charge in [-0.3, -0.25) is 15.1 Å². The molecule has 2 heterocycles. The largest absolute Gasteiger partial charge is 0.296 e. The van der Waals surface area contributed by atoms with E-state index in [1.807, 2.05) is 0 Å². The topological polar surface area (TPSA) is 89.0 Å². The average molecular weight is 408 g/mol. The average Bonchev–Trinajstić information content (AvgIpc) is 2.99. The van der Waals surface area contributed by atoms with Crippen LogP contribution in [-0.4, -0.2) is 24.3 Å². The van der Waals surface area contributed by atoms with Gasteiger partial charge < -0.3 is 0 Å². The number of thiazole rings is 1. The van der Waals surface area contributed by atoms with Crippen LogP contribution in [-0.2, 0) is 15.6 Å². The molecule has 0 bridgehead atoms. The number of carbonyl (C=O) groups is 1. The van der Waals surface area contributed by atoms with Crippen LogP contribution < -0.4 is 5.32 Å². The molecule has 1 amide bonds. The summed E-state index contributed by atoms with van der Waals surface area (Å²) in [6, 6.07) is 11.7. The van der Waals surface area contributed by atoms with E-state index in [1.54, 1.807) is 49.4 Å². The molecule has 0 unspecified atom stereocenters. The maximum Gasteiger partial charge on any atom is 0.276 e. The monoisotopic (exact) mass is 407 g/mol. The highest BCUT2D eigenvalue weighted by atomic mass is 35.5. The summed E-state index contributed by atoms with van der Waals surface area (Å²) in [4.78, 5) is 20.2. The van der Waals surface area contributed by atoms with Crippen molar-refractivity contribution in [3.8, 4) is 0 Å². The van der Waals surface area contributed by atoms with Gasteiger partial charge in [-0.1, -0.05) is 47.2 Å². The zero-order valence-electron chi connectivity index (χ0n) is 13.6. The predicted molar refractivity (Wildman–Crippen MR) is 101 cm³/mol. The van der Waals surface area contributed by atoms with E-state index in [0.717, 1.165) is 11.3 Å². The van der Waals surface area contributed by atoms with Gasteiger partial charge in [-0.2, -0.15) is 0 Å². The minimum absolute atomic E-state index is 0.105. The van der Waals surface area contributed by atoms with Crippen molar-refractivity contribution in [1.29, 1.82) is 0 Å². The van der Waals surface area contributed by atoms with Crippen LogP contribution in [0.25, 0.3) is 0 Å². The van der Waals surface area contributed by atoms with Crippen molar-refractivity contribution < 1.29 is 13.2 Å². The highest BCUT2D eigenvalue weighted by Gasteiger charge is 2.24. The highest BCUT2D eigenvalue weighted by Crippen LogP contribution is 2.31. The molecule has 2 aromatic heterocycles. The third-order valence-electron chi connectivity index (χ3n) is 3.46. The number of sulfone groups is 1. The van der Waals surface area contributed by atoms with Crippen LogP contribution in [0.15, 0.2) is 52.9 Å². The molecule has 3 rings (SSSR count). The van der Waals surface area contributed by atoms with Crippen LogP contribution in [0.1, 0.15) is 21.7 Å². The van der Waals surface area contributed by atoms with E-state index in [1.165, 1.54) is 6.20 Å². The van der Waals surface area contributed by atoms with Gasteiger partial charge in [-0.15, -0.1) is 0 Å². The lowest BCUT2D eigenvalue weighted by molar-refractivity contribution is 0.102. The molecule has 1 N–H and O–H groups in total. The molecule has 1 aromatic carbocycles. The Morgan fingerprint density at radius 3 is 2.62 bits per heavy atom. The second-order valence-corrected chi connectivity index (χ2v) is 9.00. The summed E-state index contributed by atoms with van der Waals surface area (Å²) < 4.78 is 25.6. The lowest BCUT2D eigenvalue weighted by Crippen LogP contribution is -2.13. The van der Waals surface area contributed by atoms with Crippen molar-refractivity contribution in [2.45, 2.75) is 16.9 Å². The molecule has 0 aliphatic rings. The number of aryl methyl sites for hydroxylation is 1. The number of pyridine rings is 1. The normalized spacial score (nSPS) is 11.3. The maximum absolute atomic E-state index is 12.7. The maximum atomic E-state index is 12.7. The molecule has 0 saturated heterocycles. The summed E-state index contributed by atoms with van der Waals surface area (Å²) in [7, 11) is -3.64. The summed E-state index contributed by atoms with van der Waals surface area (Å²) in [5.41, 5.74) is 1.07. The molecular formula is C17H14ClN3O3S2. The molecule has 3 aromatic rings. The number of nitrogens with zero attached hydrogens (tertiary/aromatic N) is 2. The van der Waals surface area contributed by atoms with E-state index in [4.69, 9.17) is 11.6 Å². The summed E-state index contributed by atoms with van der Waals surface area (Å²) in [6.45, 7) is 1.59. The van der Waals surface area contributed by atoms with E-state index in [-0.39, 0.29) is 20.8 Å². The number of nitrogens with one attached hydrogen (secondary N) is 1. The van der Waals surface area contributed by atoms with Gasteiger partial charge >= 0.3 is 0 Å². The lowest BCUT2D eigenvalue weighted by Gasteiger charge is -2.04. The number of anilines is 1. The Balaban J connectivity index is 1.83. The number of hydrogen-bond acceptors (Lipinski definition) is 6. The van der Waals surface area contributed by atoms with Crippen LogP contribution in [0.2, 0.25) is 5.02 Å². The molecule has 9 heteroatoms. The minimum Gasteiger partial charge on any atom is -0.296 e. The fourth-order valence-electron chi connectivity index (χ4n) is 2.27. The second kappa shape index (κ2) is 7.53. The predicted octanol–water partition coefficient (Wildman–Crippen LogP) is 3.73. The number of hydrogen-bond donors (Lipinski definition) is 1. The fourth-order valence-corrected chi connectivity index (χ4v) is 5.45. The van der Waals surface area contributed by atoms with E-state index >= 15 is 0 Å². The molecule has 26 heavy (non-hydrogen) atoms. The van der Waals surface area contributed by atoms with Crippen molar-refractivity contribution in [3.63, 3.8) is 0 Å². The van der Waals surface area contributed by atoms with Gasteiger partial charge in [0.1, 0.15) is 9.90 Å². The molecular weight excluding hydrogens is 394 g/mol. The van der Waals surface area contributed by atoms with E-state index in [0.29, 0.717) is 16.3 Å². The first-order chi connectivity index (χ1) is 12.4. The first kappa shape index (κ1) is 18.5. The Labute approximate surface area is 159 Å². The number of halogens is 1. The number of aromatic nitrogens is 2. The van der Waals surface area contributed by atoms with Crippen LogP contribution in [0.3, 0.4) is 0 Å². The Bertz CT molecular complexity index is 1050. The Morgan fingerprint density at radius 1 is 1.19 bits per heavy atom. The van der Waals surface area contributed by atoms with Crippen LogP contribution in [0, 0.1) is 6.92 Å². The van der Waals surface area contributed by atoms with Gasteiger partial charge in [-0.25, -0.2) is 13.4 Å². The Morgan fingerprint density at radius 2 is 1.92 bits per heavy atom. The molecule has 0 atom stereocenters. The number of amides is 1. The third kappa shape index (κ3) is 4.09. The number of benzene rings is 1. The first-order valence-corrected chi connectivity index (χ1v) is 10.4. The van der Waals surface area contributed by atoms with E-state index in [9.17, 15) is 13.2 Å². The number of rotatable bonds is 5. The quantitative estimate of drug-likeness (QED) is 0.696. The zero-order valence-corrected chi connectivity index (χ0v) is 16.0. The summed E-state index contributed by atoms with van der Waals surface area (Å²) >= 11 is 6.97. The molecule has 0 fully saturated rings. The van der Waals surface area contributed by atoms with Crippen LogP contribution in [0.5, 0.6) is 0 Å². The van der Waals surface area contributed by atoms with Gasteiger partial charge in [0.05, 0.1) is 11.4 Å². The number of carbonyl (C=O) groups excluding carboxylic acids is 1. The van der Waals surface area contributed by atoms with Gasteiger partial charge in [-0.05, 0) is 30.7 Å². The van der Waals surface area contributed by atoms with Gasteiger partial charge in [0.15, 0.2) is 15.0 Å². The van der Waals surface area contributed by atoms with Crippen LogP contribution in [0.4, 0.5) is 5.13 Å². The summed E-state index contributed by atoms with van der Waals surface area (Å²) in [5, 5.41) is 3.18. The molecule has 0 saturated carbocycles. The Kier molecular flexibility index (Phi) is 5.36. The standard InChI is InChI=1S/C17H14ClN3O3S2/c1-11-16(26(23,24)10-12-6-2-3-7-13(12)18)25-17(20-11)21-15(22)14-8-4-5-9-19-14/h2-9H,10H2,1H3,(H,20,21,22). The van der Waals surface area contributed by atoms with Crippen molar-refractivity contribution >= 4 is 43.8 Å². The van der Waals surface area contributed by atoms with Crippen LogP contribution >= 0.6 is 22.9 Å². The molecule has 0 radical (unpaired) electrons. The van der Waals surface area contributed by atoms with Gasteiger partial charge in [0.25, 0.3) is 5.91 Å². The summed E-state index contributed by atoms with van der Waals surface area (Å²) in [5.74, 6) is -0.682. The molecule has 0 aliphatic carbocycles. The van der Waals surface area contributed by atoms with Crippen molar-refractivity contribution in [1.82, 2.24) is 9.97 Å². The molecule has 134 valence electrons. The lowest BCUT2D eigenvalue weighted by atomic mass is 10.2. The zero-order chi connectivity index (χ0) is 18.7. The van der Waals surface area contributed by atoms with Crippen molar-refractivity contribution in [2.75, 3.05) is 5.32 Å². The fraction of sp³-hybridized carbons (Fsp3) is 0.118. The SMILES string of the molecule is Cc1nc(NC(=O)c2ccccn2)sc1S(=O)(=O)Cc1ccccc1Cl. The molecule has 6 nitrogen and oxygen atoms in total. The van der Waals surface area contributed by atoms with Gasteiger partial charge in [0, 0.05) is 11.2 Å². The minimum atomic E-state index is -3.64. The van der Waals surface area contributed by atoms with E-state index in [2.05, 4.69) is 15.3 Å². The first-order valence-electron chi connectivity index (χ1n) is 7.53. The summed E-state index contributed by atoms with van der Waals surface area (Å²) in [6.07, 6.45) is 1.50. The Hall–Kier alpha value is -2.29. The third-order valence-corrected chi connectivity index (χ3v) is 7.26.